The molecule has 1 heterocycles. The van der Waals surface area contributed by atoms with Crippen LogP contribution >= 0.6 is 0 Å². The van der Waals surface area contributed by atoms with Crippen LogP contribution in [0.3, 0.4) is 0 Å². The van der Waals surface area contributed by atoms with Crippen molar-refractivity contribution < 1.29 is 9.47 Å². The second kappa shape index (κ2) is 7.68. The zero-order valence-electron chi connectivity index (χ0n) is 11.2. The largest absolute Gasteiger partial charge is 0.353 e. The number of rotatable bonds is 7. The lowest BCUT2D eigenvalue weighted by atomic mass is 9.95. The molecule has 0 saturated carbocycles. The third-order valence-corrected chi connectivity index (χ3v) is 3.32. The molecule has 98 valence electrons. The van der Waals surface area contributed by atoms with E-state index in [2.05, 4.69) is 13.0 Å². The highest BCUT2D eigenvalue weighted by Gasteiger charge is 2.29. The number of nitriles is 1. The Morgan fingerprint density at radius 1 is 1.41 bits per heavy atom. The average molecular weight is 239 g/mol. The van der Waals surface area contributed by atoms with Gasteiger partial charge in [-0.05, 0) is 32.6 Å². The highest BCUT2D eigenvalue weighted by Crippen LogP contribution is 2.28. The van der Waals surface area contributed by atoms with E-state index < -0.39 is 0 Å². The molecule has 2 atom stereocenters. The van der Waals surface area contributed by atoms with E-state index in [0.717, 1.165) is 32.3 Å². The van der Waals surface area contributed by atoms with Crippen LogP contribution in [0.25, 0.3) is 0 Å². The maximum Gasteiger partial charge on any atom is 0.158 e. The predicted octanol–water partition coefficient (Wildman–Crippen LogP) is 3.78. The number of nitrogens with zero attached hydrogens (tertiary/aromatic N) is 1. The molecule has 0 bridgehead atoms. The van der Waals surface area contributed by atoms with E-state index in [-0.39, 0.29) is 11.9 Å². The van der Waals surface area contributed by atoms with E-state index >= 15 is 0 Å². The van der Waals surface area contributed by atoms with Crippen molar-refractivity contribution in [1.29, 1.82) is 5.26 Å². The molecular formula is C14H25NO2. The van der Waals surface area contributed by atoms with Gasteiger partial charge >= 0.3 is 0 Å². The highest BCUT2D eigenvalue weighted by molar-refractivity contribution is 4.87. The van der Waals surface area contributed by atoms with Gasteiger partial charge in [-0.25, -0.2) is 0 Å². The minimum atomic E-state index is -0.327. The minimum Gasteiger partial charge on any atom is -0.353 e. The Morgan fingerprint density at radius 2 is 2.24 bits per heavy atom. The monoisotopic (exact) mass is 239 g/mol. The minimum absolute atomic E-state index is 0.0938. The molecular weight excluding hydrogens is 214 g/mol. The molecule has 2 unspecified atom stereocenters. The summed E-state index contributed by atoms with van der Waals surface area (Å²) in [6.07, 6.45) is 8.11. The first-order valence-electron chi connectivity index (χ1n) is 6.86. The number of unbranched alkanes of at least 4 members (excludes halogenated alkanes) is 2. The lowest BCUT2D eigenvalue weighted by Crippen LogP contribution is -2.36. The van der Waals surface area contributed by atoms with Gasteiger partial charge in [-0.3, -0.25) is 0 Å². The van der Waals surface area contributed by atoms with Crippen molar-refractivity contribution in [2.45, 2.75) is 77.1 Å². The summed E-state index contributed by atoms with van der Waals surface area (Å²) in [5, 5.41) is 8.92. The fraction of sp³-hybridized carbons (Fsp3) is 0.929. The van der Waals surface area contributed by atoms with Crippen LogP contribution in [0.15, 0.2) is 0 Å². The third-order valence-electron chi connectivity index (χ3n) is 3.32. The van der Waals surface area contributed by atoms with Crippen molar-refractivity contribution in [3.05, 3.63) is 0 Å². The summed E-state index contributed by atoms with van der Waals surface area (Å²) in [7, 11) is 0. The van der Waals surface area contributed by atoms with Gasteiger partial charge in [0.25, 0.3) is 0 Å². The van der Waals surface area contributed by atoms with Gasteiger partial charge < -0.3 is 9.47 Å². The van der Waals surface area contributed by atoms with Crippen molar-refractivity contribution in [2.24, 2.45) is 0 Å². The van der Waals surface area contributed by atoms with Gasteiger partial charge in [0, 0.05) is 6.61 Å². The molecule has 1 fully saturated rings. The second-order valence-electron chi connectivity index (χ2n) is 5.16. The van der Waals surface area contributed by atoms with Crippen LogP contribution in [0.5, 0.6) is 0 Å². The number of hydrogen-bond donors (Lipinski definition) is 0. The summed E-state index contributed by atoms with van der Waals surface area (Å²) < 4.78 is 11.6. The van der Waals surface area contributed by atoms with Crippen LogP contribution in [0.2, 0.25) is 0 Å². The van der Waals surface area contributed by atoms with Crippen molar-refractivity contribution in [2.75, 3.05) is 6.61 Å². The quantitative estimate of drug-likeness (QED) is 0.635. The molecule has 3 nitrogen and oxygen atoms in total. The van der Waals surface area contributed by atoms with E-state index in [1.807, 2.05) is 6.92 Å². The number of ether oxygens (including phenoxy) is 2. The average Bonchev–Trinajstić information content (AvgIpc) is 2.31. The SMILES string of the molecule is CCCCCC(C)(CC#N)OC1CCCCO1. The molecule has 1 aliphatic heterocycles. The van der Waals surface area contributed by atoms with Crippen LogP contribution in [-0.4, -0.2) is 18.5 Å². The van der Waals surface area contributed by atoms with Gasteiger partial charge in [-0.15, -0.1) is 0 Å². The van der Waals surface area contributed by atoms with Crippen molar-refractivity contribution in [3.8, 4) is 6.07 Å². The molecule has 0 aromatic rings. The lowest BCUT2D eigenvalue weighted by molar-refractivity contribution is -0.221. The normalized spacial score (nSPS) is 23.9. The smallest absolute Gasteiger partial charge is 0.158 e. The van der Waals surface area contributed by atoms with Gasteiger partial charge in [-0.1, -0.05) is 26.2 Å². The molecule has 0 amide bonds. The van der Waals surface area contributed by atoms with E-state index in [1.165, 1.54) is 19.3 Å². The Hall–Kier alpha value is -0.590. The molecule has 1 aliphatic rings. The van der Waals surface area contributed by atoms with Gasteiger partial charge in [-0.2, -0.15) is 5.26 Å². The molecule has 0 aliphatic carbocycles. The second-order valence-corrected chi connectivity index (χ2v) is 5.16. The summed E-state index contributed by atoms with van der Waals surface area (Å²) in [6.45, 7) is 5.03. The summed E-state index contributed by atoms with van der Waals surface area (Å²) in [4.78, 5) is 0. The van der Waals surface area contributed by atoms with Crippen LogP contribution in [0.4, 0.5) is 0 Å². The molecule has 0 aromatic heterocycles. The van der Waals surface area contributed by atoms with Crippen molar-refractivity contribution >= 4 is 0 Å². The summed E-state index contributed by atoms with van der Waals surface area (Å²) >= 11 is 0. The molecule has 0 radical (unpaired) electrons. The summed E-state index contributed by atoms with van der Waals surface area (Å²) in [5.74, 6) is 0. The molecule has 0 N–H and O–H groups in total. The molecule has 1 rings (SSSR count). The van der Waals surface area contributed by atoms with Crippen LogP contribution in [0, 0.1) is 11.3 Å². The maximum absolute atomic E-state index is 8.92. The highest BCUT2D eigenvalue weighted by atomic mass is 16.7. The Bertz CT molecular complexity index is 243. The fourth-order valence-electron chi connectivity index (χ4n) is 2.23. The summed E-state index contributed by atoms with van der Waals surface area (Å²) in [5.41, 5.74) is -0.327. The summed E-state index contributed by atoms with van der Waals surface area (Å²) in [6, 6.07) is 2.24. The van der Waals surface area contributed by atoms with Crippen LogP contribution < -0.4 is 0 Å². The first kappa shape index (κ1) is 14.5. The standard InChI is InChI=1S/C14H25NO2/c1-3-4-6-9-14(2,10-11-15)17-13-8-5-7-12-16-13/h13H,3-10,12H2,1-2H3. The first-order valence-corrected chi connectivity index (χ1v) is 6.86. The zero-order chi connectivity index (χ0) is 12.6. The van der Waals surface area contributed by atoms with Gasteiger partial charge in [0.2, 0.25) is 0 Å². The van der Waals surface area contributed by atoms with Crippen LogP contribution in [0.1, 0.15) is 65.2 Å². The molecule has 17 heavy (non-hydrogen) atoms. The van der Waals surface area contributed by atoms with E-state index in [1.54, 1.807) is 0 Å². The third kappa shape index (κ3) is 5.52. The van der Waals surface area contributed by atoms with Gasteiger partial charge in [0.1, 0.15) is 0 Å². The molecule has 3 heteroatoms. The Kier molecular flexibility index (Phi) is 6.54. The lowest BCUT2D eigenvalue weighted by Gasteiger charge is -2.34. The molecule has 0 spiro atoms. The topological polar surface area (TPSA) is 42.2 Å². The van der Waals surface area contributed by atoms with Gasteiger partial charge in [0.05, 0.1) is 18.1 Å². The Morgan fingerprint density at radius 3 is 2.82 bits per heavy atom. The van der Waals surface area contributed by atoms with E-state index in [0.29, 0.717) is 6.42 Å². The Labute approximate surface area is 105 Å². The first-order chi connectivity index (χ1) is 8.20. The van der Waals surface area contributed by atoms with Crippen molar-refractivity contribution in [1.82, 2.24) is 0 Å². The Balaban J connectivity index is 2.41. The molecule has 0 aromatic carbocycles. The zero-order valence-corrected chi connectivity index (χ0v) is 11.2. The fourth-order valence-corrected chi connectivity index (χ4v) is 2.23. The van der Waals surface area contributed by atoms with Gasteiger partial charge in [0.15, 0.2) is 6.29 Å². The molecule has 1 saturated heterocycles. The maximum atomic E-state index is 8.92. The predicted molar refractivity (Wildman–Crippen MR) is 67.5 cm³/mol. The number of hydrogen-bond acceptors (Lipinski definition) is 3. The van der Waals surface area contributed by atoms with Crippen LogP contribution in [-0.2, 0) is 9.47 Å². The van der Waals surface area contributed by atoms with E-state index in [9.17, 15) is 0 Å². The van der Waals surface area contributed by atoms with E-state index in [4.69, 9.17) is 14.7 Å². The van der Waals surface area contributed by atoms with Crippen molar-refractivity contribution in [3.63, 3.8) is 0 Å².